The highest BCUT2D eigenvalue weighted by molar-refractivity contribution is 5.22. The van der Waals surface area contributed by atoms with E-state index in [-0.39, 0.29) is 0 Å². The van der Waals surface area contributed by atoms with Crippen molar-refractivity contribution in [1.29, 1.82) is 0 Å². The zero-order valence-electron chi connectivity index (χ0n) is 12.6. The molecule has 0 fully saturated rings. The molecule has 1 rings (SSSR count). The lowest BCUT2D eigenvalue weighted by atomic mass is 9.92. The Morgan fingerprint density at radius 2 is 1.61 bits per heavy atom. The standard InChI is InChI=1S/C17H29N/c1-5-6-7-15-8-10-16(11-9-15)14-18-13-12-17(2,3)4/h8-11,18H,5-7,12-14H2,1-4H3. The van der Waals surface area contributed by atoms with Crippen molar-refractivity contribution in [3.8, 4) is 0 Å². The van der Waals surface area contributed by atoms with Gasteiger partial charge in [0.25, 0.3) is 0 Å². The summed E-state index contributed by atoms with van der Waals surface area (Å²) in [5.41, 5.74) is 3.29. The van der Waals surface area contributed by atoms with E-state index < -0.39 is 0 Å². The third-order valence-electron chi connectivity index (χ3n) is 3.22. The van der Waals surface area contributed by atoms with Crippen LogP contribution in [0.25, 0.3) is 0 Å². The second-order valence-electron chi connectivity index (χ2n) is 6.41. The lowest BCUT2D eigenvalue weighted by Gasteiger charge is -2.18. The lowest BCUT2D eigenvalue weighted by molar-refractivity contribution is 0.366. The fourth-order valence-electron chi connectivity index (χ4n) is 1.90. The Kier molecular flexibility index (Phi) is 6.42. The molecule has 0 aliphatic rings. The number of unbranched alkanes of at least 4 members (excludes halogenated alkanes) is 1. The van der Waals surface area contributed by atoms with Gasteiger partial charge >= 0.3 is 0 Å². The first-order valence-corrected chi connectivity index (χ1v) is 7.30. The molecule has 0 bridgehead atoms. The molecule has 0 aliphatic heterocycles. The number of hydrogen-bond acceptors (Lipinski definition) is 1. The molecule has 0 saturated heterocycles. The number of hydrogen-bond donors (Lipinski definition) is 1. The van der Waals surface area contributed by atoms with E-state index in [2.05, 4.69) is 57.3 Å². The largest absolute Gasteiger partial charge is 0.313 e. The van der Waals surface area contributed by atoms with E-state index in [0.717, 1.165) is 13.1 Å². The van der Waals surface area contributed by atoms with Crippen LogP contribution in [-0.4, -0.2) is 6.54 Å². The molecule has 1 aromatic rings. The van der Waals surface area contributed by atoms with E-state index in [0.29, 0.717) is 5.41 Å². The quantitative estimate of drug-likeness (QED) is 0.697. The second-order valence-corrected chi connectivity index (χ2v) is 6.41. The first-order valence-electron chi connectivity index (χ1n) is 7.30. The van der Waals surface area contributed by atoms with Crippen LogP contribution in [0.15, 0.2) is 24.3 Å². The van der Waals surface area contributed by atoms with E-state index in [9.17, 15) is 0 Å². The van der Waals surface area contributed by atoms with Crippen LogP contribution in [0.4, 0.5) is 0 Å². The van der Waals surface area contributed by atoms with E-state index in [1.807, 2.05) is 0 Å². The Bertz CT molecular complexity index is 318. The highest BCUT2D eigenvalue weighted by Crippen LogP contribution is 2.17. The molecule has 18 heavy (non-hydrogen) atoms. The molecule has 1 aromatic carbocycles. The van der Waals surface area contributed by atoms with Gasteiger partial charge in [0.05, 0.1) is 0 Å². The normalized spacial score (nSPS) is 11.8. The van der Waals surface area contributed by atoms with Crippen LogP contribution < -0.4 is 5.32 Å². The van der Waals surface area contributed by atoms with Crippen molar-refractivity contribution < 1.29 is 0 Å². The molecule has 0 spiro atoms. The average molecular weight is 247 g/mol. The number of aryl methyl sites for hydroxylation is 1. The first kappa shape index (κ1) is 15.2. The van der Waals surface area contributed by atoms with Gasteiger partial charge in [-0.1, -0.05) is 58.4 Å². The predicted octanol–water partition coefficient (Wildman–Crippen LogP) is 4.56. The fraction of sp³-hybridized carbons (Fsp3) is 0.647. The van der Waals surface area contributed by atoms with Gasteiger partial charge in [-0.2, -0.15) is 0 Å². The number of benzene rings is 1. The van der Waals surface area contributed by atoms with E-state index in [4.69, 9.17) is 0 Å². The van der Waals surface area contributed by atoms with Crippen molar-refractivity contribution >= 4 is 0 Å². The summed E-state index contributed by atoms with van der Waals surface area (Å²) in [4.78, 5) is 0. The molecule has 0 aromatic heterocycles. The van der Waals surface area contributed by atoms with Gasteiger partial charge < -0.3 is 5.32 Å². The van der Waals surface area contributed by atoms with Gasteiger partial charge in [0.15, 0.2) is 0 Å². The summed E-state index contributed by atoms with van der Waals surface area (Å²) in [6.07, 6.45) is 5.01. The van der Waals surface area contributed by atoms with Crippen LogP contribution in [-0.2, 0) is 13.0 Å². The Morgan fingerprint density at radius 1 is 1.00 bits per heavy atom. The minimum Gasteiger partial charge on any atom is -0.313 e. The van der Waals surface area contributed by atoms with E-state index in [1.54, 1.807) is 0 Å². The van der Waals surface area contributed by atoms with Gasteiger partial charge in [-0.3, -0.25) is 0 Å². The summed E-state index contributed by atoms with van der Waals surface area (Å²) in [5, 5.41) is 3.52. The summed E-state index contributed by atoms with van der Waals surface area (Å²) >= 11 is 0. The Morgan fingerprint density at radius 3 is 2.17 bits per heavy atom. The minimum atomic E-state index is 0.428. The second kappa shape index (κ2) is 7.58. The van der Waals surface area contributed by atoms with Gasteiger partial charge in [-0.05, 0) is 42.3 Å². The molecule has 102 valence electrons. The SMILES string of the molecule is CCCCc1ccc(CNCCC(C)(C)C)cc1. The highest BCUT2D eigenvalue weighted by atomic mass is 14.8. The van der Waals surface area contributed by atoms with Gasteiger partial charge in [-0.25, -0.2) is 0 Å². The third kappa shape index (κ3) is 6.80. The maximum Gasteiger partial charge on any atom is 0.0205 e. The van der Waals surface area contributed by atoms with Crippen LogP contribution >= 0.6 is 0 Å². The molecule has 0 aliphatic carbocycles. The van der Waals surface area contributed by atoms with Crippen LogP contribution in [0.5, 0.6) is 0 Å². The highest BCUT2D eigenvalue weighted by Gasteiger charge is 2.08. The summed E-state index contributed by atoms with van der Waals surface area (Å²) < 4.78 is 0. The van der Waals surface area contributed by atoms with Gasteiger partial charge in [0, 0.05) is 6.54 Å². The van der Waals surface area contributed by atoms with Gasteiger partial charge in [-0.15, -0.1) is 0 Å². The van der Waals surface area contributed by atoms with Gasteiger partial charge in [0.1, 0.15) is 0 Å². The maximum absolute atomic E-state index is 3.52. The molecular weight excluding hydrogens is 218 g/mol. The molecule has 0 saturated carbocycles. The summed E-state index contributed by atoms with van der Waals surface area (Å²) in [6, 6.07) is 9.07. The van der Waals surface area contributed by atoms with Crippen LogP contribution in [0.2, 0.25) is 0 Å². The lowest BCUT2D eigenvalue weighted by Crippen LogP contribution is -2.20. The van der Waals surface area contributed by atoms with Crippen molar-refractivity contribution in [2.24, 2.45) is 5.41 Å². The minimum absolute atomic E-state index is 0.428. The Hall–Kier alpha value is -0.820. The zero-order chi connectivity index (χ0) is 13.4. The summed E-state index contributed by atoms with van der Waals surface area (Å²) in [7, 11) is 0. The monoisotopic (exact) mass is 247 g/mol. The van der Waals surface area contributed by atoms with Gasteiger partial charge in [0.2, 0.25) is 0 Å². The summed E-state index contributed by atoms with van der Waals surface area (Å²) in [6.45, 7) is 11.2. The molecule has 0 heterocycles. The molecule has 0 radical (unpaired) electrons. The molecule has 1 heteroatoms. The zero-order valence-corrected chi connectivity index (χ0v) is 12.6. The third-order valence-corrected chi connectivity index (χ3v) is 3.22. The molecular formula is C17H29N. The first-order chi connectivity index (χ1) is 8.51. The molecule has 1 N–H and O–H groups in total. The van der Waals surface area contributed by atoms with Crippen molar-refractivity contribution in [2.75, 3.05) is 6.54 Å². The van der Waals surface area contributed by atoms with Crippen LogP contribution in [0.3, 0.4) is 0 Å². The number of nitrogens with one attached hydrogen (secondary N) is 1. The van der Waals surface area contributed by atoms with E-state index >= 15 is 0 Å². The molecule has 0 unspecified atom stereocenters. The number of rotatable bonds is 7. The maximum atomic E-state index is 3.52. The molecule has 0 atom stereocenters. The Balaban J connectivity index is 2.26. The average Bonchev–Trinajstić information content (AvgIpc) is 2.32. The topological polar surface area (TPSA) is 12.0 Å². The molecule has 0 amide bonds. The Labute approximate surface area is 113 Å². The van der Waals surface area contributed by atoms with E-state index in [1.165, 1.54) is 36.8 Å². The summed E-state index contributed by atoms with van der Waals surface area (Å²) in [5.74, 6) is 0. The molecule has 1 nitrogen and oxygen atoms in total. The van der Waals surface area contributed by atoms with Crippen LogP contribution in [0, 0.1) is 5.41 Å². The smallest absolute Gasteiger partial charge is 0.0205 e. The van der Waals surface area contributed by atoms with Crippen molar-refractivity contribution in [3.63, 3.8) is 0 Å². The van der Waals surface area contributed by atoms with Crippen molar-refractivity contribution in [2.45, 2.75) is 59.9 Å². The van der Waals surface area contributed by atoms with Crippen molar-refractivity contribution in [3.05, 3.63) is 35.4 Å². The predicted molar refractivity (Wildman–Crippen MR) is 80.8 cm³/mol. The fourth-order valence-corrected chi connectivity index (χ4v) is 1.90. The van der Waals surface area contributed by atoms with Crippen LogP contribution in [0.1, 0.15) is 58.1 Å². The van der Waals surface area contributed by atoms with Crippen molar-refractivity contribution in [1.82, 2.24) is 5.32 Å².